The van der Waals surface area contributed by atoms with Crippen molar-refractivity contribution in [1.82, 2.24) is 9.80 Å². The maximum Gasteiger partial charge on any atom is 0.282 e. The Kier molecular flexibility index (Phi) is 6.70. The van der Waals surface area contributed by atoms with Crippen LogP contribution in [0.5, 0.6) is 11.5 Å². The standard InChI is InChI=1S/C26H31N3O4/c1-5-32-21-12-8-20(9-13-21)29-25(30)23(19-6-10-22(11-7-19)33-18(2)3)24(26(29)31)28-16-14-27(4)15-17-28/h6-13,18H,5,14-17H2,1-4H3. The fourth-order valence-electron chi connectivity index (χ4n) is 4.17. The van der Waals surface area contributed by atoms with Crippen LogP contribution in [0.15, 0.2) is 54.2 Å². The van der Waals surface area contributed by atoms with E-state index in [0.29, 0.717) is 48.0 Å². The lowest BCUT2D eigenvalue weighted by Gasteiger charge is -2.34. The van der Waals surface area contributed by atoms with Gasteiger partial charge in [-0.3, -0.25) is 9.59 Å². The number of nitrogens with zero attached hydrogens (tertiary/aromatic N) is 3. The first-order valence-electron chi connectivity index (χ1n) is 11.5. The van der Waals surface area contributed by atoms with Gasteiger partial charge in [-0.05, 0) is 69.8 Å². The summed E-state index contributed by atoms with van der Waals surface area (Å²) in [5.41, 5.74) is 2.16. The van der Waals surface area contributed by atoms with Gasteiger partial charge in [0.25, 0.3) is 11.8 Å². The van der Waals surface area contributed by atoms with Crippen LogP contribution in [0.1, 0.15) is 26.3 Å². The summed E-state index contributed by atoms with van der Waals surface area (Å²) in [4.78, 5) is 32.8. The van der Waals surface area contributed by atoms with Crippen molar-refractivity contribution >= 4 is 23.1 Å². The van der Waals surface area contributed by atoms with Crippen molar-refractivity contribution < 1.29 is 19.1 Å². The van der Waals surface area contributed by atoms with Gasteiger partial charge in [-0.2, -0.15) is 0 Å². The predicted octanol–water partition coefficient (Wildman–Crippen LogP) is 3.40. The minimum atomic E-state index is -0.310. The summed E-state index contributed by atoms with van der Waals surface area (Å²) in [5, 5.41) is 0. The average Bonchev–Trinajstić information content (AvgIpc) is 3.05. The molecular weight excluding hydrogens is 418 g/mol. The number of hydrogen-bond acceptors (Lipinski definition) is 6. The largest absolute Gasteiger partial charge is 0.494 e. The molecule has 0 radical (unpaired) electrons. The molecule has 2 aliphatic heterocycles. The van der Waals surface area contributed by atoms with Crippen LogP contribution in [0.25, 0.3) is 5.57 Å². The molecule has 2 aromatic carbocycles. The number of carbonyl (C=O) groups excluding carboxylic acids is 2. The maximum absolute atomic E-state index is 13.7. The Morgan fingerprint density at radius 3 is 2.03 bits per heavy atom. The molecule has 2 amide bonds. The number of likely N-dealkylation sites (N-methyl/N-ethyl adjacent to an activating group) is 1. The van der Waals surface area contributed by atoms with Gasteiger partial charge in [-0.1, -0.05) is 12.1 Å². The molecule has 33 heavy (non-hydrogen) atoms. The van der Waals surface area contributed by atoms with Crippen LogP contribution in [0.4, 0.5) is 5.69 Å². The number of ether oxygens (including phenoxy) is 2. The number of amides is 2. The van der Waals surface area contributed by atoms with Gasteiger partial charge in [-0.15, -0.1) is 0 Å². The zero-order chi connectivity index (χ0) is 23.5. The minimum Gasteiger partial charge on any atom is -0.494 e. The van der Waals surface area contributed by atoms with Crippen molar-refractivity contribution in [3.05, 3.63) is 59.8 Å². The fourth-order valence-corrected chi connectivity index (χ4v) is 4.17. The van der Waals surface area contributed by atoms with Crippen LogP contribution in [0.2, 0.25) is 0 Å². The number of benzene rings is 2. The molecule has 2 heterocycles. The van der Waals surface area contributed by atoms with Crippen molar-refractivity contribution in [3.8, 4) is 11.5 Å². The number of imide groups is 1. The molecule has 174 valence electrons. The quantitative estimate of drug-likeness (QED) is 0.604. The van der Waals surface area contributed by atoms with E-state index in [9.17, 15) is 9.59 Å². The van der Waals surface area contributed by atoms with Gasteiger partial charge in [0.05, 0.1) is 24.0 Å². The molecule has 7 nitrogen and oxygen atoms in total. The fraction of sp³-hybridized carbons (Fsp3) is 0.385. The highest BCUT2D eigenvalue weighted by Crippen LogP contribution is 2.36. The first-order valence-corrected chi connectivity index (χ1v) is 11.5. The maximum atomic E-state index is 13.7. The Morgan fingerprint density at radius 2 is 1.45 bits per heavy atom. The predicted molar refractivity (Wildman–Crippen MR) is 128 cm³/mol. The highest BCUT2D eigenvalue weighted by molar-refractivity contribution is 6.45. The van der Waals surface area contributed by atoms with Crippen molar-refractivity contribution in [2.45, 2.75) is 26.9 Å². The van der Waals surface area contributed by atoms with Gasteiger partial charge in [0.1, 0.15) is 17.2 Å². The smallest absolute Gasteiger partial charge is 0.282 e. The molecule has 0 aromatic heterocycles. The Labute approximate surface area is 195 Å². The molecule has 1 saturated heterocycles. The lowest BCUT2D eigenvalue weighted by atomic mass is 10.0. The molecule has 2 aromatic rings. The Hall–Kier alpha value is -3.32. The second-order valence-corrected chi connectivity index (χ2v) is 8.58. The molecule has 0 atom stereocenters. The monoisotopic (exact) mass is 449 g/mol. The van der Waals surface area contributed by atoms with Crippen LogP contribution in [-0.4, -0.2) is 67.6 Å². The first kappa shape index (κ1) is 22.9. The highest BCUT2D eigenvalue weighted by Gasteiger charge is 2.42. The number of rotatable bonds is 7. The summed E-state index contributed by atoms with van der Waals surface area (Å²) < 4.78 is 11.3. The Morgan fingerprint density at radius 1 is 0.848 bits per heavy atom. The third kappa shape index (κ3) is 4.73. The Balaban J connectivity index is 1.71. The summed E-state index contributed by atoms with van der Waals surface area (Å²) in [6, 6.07) is 14.5. The number of hydrogen-bond donors (Lipinski definition) is 0. The number of carbonyl (C=O) groups is 2. The molecule has 0 bridgehead atoms. The molecule has 0 spiro atoms. The van der Waals surface area contributed by atoms with Gasteiger partial charge in [0, 0.05) is 26.2 Å². The van der Waals surface area contributed by atoms with E-state index in [4.69, 9.17) is 9.47 Å². The third-order valence-electron chi connectivity index (χ3n) is 5.80. The highest BCUT2D eigenvalue weighted by atomic mass is 16.5. The minimum absolute atomic E-state index is 0.0563. The molecule has 0 saturated carbocycles. The first-order chi connectivity index (χ1) is 15.9. The van der Waals surface area contributed by atoms with E-state index in [2.05, 4.69) is 11.9 Å². The van der Waals surface area contributed by atoms with E-state index in [1.54, 1.807) is 24.3 Å². The summed E-state index contributed by atoms with van der Waals surface area (Å²) >= 11 is 0. The van der Waals surface area contributed by atoms with Crippen LogP contribution in [0, 0.1) is 0 Å². The van der Waals surface area contributed by atoms with E-state index >= 15 is 0 Å². The lowest BCUT2D eigenvalue weighted by Crippen LogP contribution is -2.46. The summed E-state index contributed by atoms with van der Waals surface area (Å²) in [6.45, 7) is 9.46. The Bertz CT molecular complexity index is 1040. The zero-order valence-electron chi connectivity index (χ0n) is 19.7. The molecular formula is C26H31N3O4. The number of anilines is 1. The molecule has 1 fully saturated rings. The summed E-state index contributed by atoms with van der Waals surface area (Å²) in [7, 11) is 2.06. The van der Waals surface area contributed by atoms with Crippen molar-refractivity contribution in [2.75, 3.05) is 44.7 Å². The molecule has 0 N–H and O–H groups in total. The van der Waals surface area contributed by atoms with E-state index in [1.807, 2.05) is 49.9 Å². The van der Waals surface area contributed by atoms with E-state index in [-0.39, 0.29) is 17.9 Å². The summed E-state index contributed by atoms with van der Waals surface area (Å²) in [5.74, 6) is 0.839. The van der Waals surface area contributed by atoms with Crippen molar-refractivity contribution in [2.24, 2.45) is 0 Å². The van der Waals surface area contributed by atoms with Crippen LogP contribution in [0.3, 0.4) is 0 Å². The summed E-state index contributed by atoms with van der Waals surface area (Å²) in [6.07, 6.45) is 0.0563. The van der Waals surface area contributed by atoms with Gasteiger partial charge < -0.3 is 19.3 Å². The average molecular weight is 450 g/mol. The van der Waals surface area contributed by atoms with E-state index in [1.165, 1.54) is 4.90 Å². The number of piperazine rings is 1. The topological polar surface area (TPSA) is 62.3 Å². The van der Waals surface area contributed by atoms with Gasteiger partial charge >= 0.3 is 0 Å². The van der Waals surface area contributed by atoms with Crippen LogP contribution >= 0.6 is 0 Å². The lowest BCUT2D eigenvalue weighted by molar-refractivity contribution is -0.120. The molecule has 0 unspecified atom stereocenters. The molecule has 2 aliphatic rings. The molecule has 0 aliphatic carbocycles. The normalized spacial score (nSPS) is 17.4. The second kappa shape index (κ2) is 9.67. The van der Waals surface area contributed by atoms with E-state index in [0.717, 1.165) is 18.8 Å². The van der Waals surface area contributed by atoms with Crippen molar-refractivity contribution in [1.29, 1.82) is 0 Å². The van der Waals surface area contributed by atoms with Gasteiger partial charge in [0.15, 0.2) is 0 Å². The second-order valence-electron chi connectivity index (χ2n) is 8.58. The SMILES string of the molecule is CCOc1ccc(N2C(=O)C(c3ccc(OC(C)C)cc3)=C(N3CCN(C)CC3)C2=O)cc1. The van der Waals surface area contributed by atoms with Gasteiger partial charge in [0.2, 0.25) is 0 Å². The van der Waals surface area contributed by atoms with Crippen molar-refractivity contribution in [3.63, 3.8) is 0 Å². The van der Waals surface area contributed by atoms with Crippen LogP contribution < -0.4 is 14.4 Å². The van der Waals surface area contributed by atoms with Gasteiger partial charge in [-0.25, -0.2) is 4.90 Å². The van der Waals surface area contributed by atoms with E-state index < -0.39 is 0 Å². The third-order valence-corrected chi connectivity index (χ3v) is 5.80. The van der Waals surface area contributed by atoms with Crippen LogP contribution in [-0.2, 0) is 9.59 Å². The zero-order valence-corrected chi connectivity index (χ0v) is 19.7. The molecule has 4 rings (SSSR count). The molecule has 7 heteroatoms.